The molecular weight excluding hydrogens is 266 g/mol. The Morgan fingerprint density at radius 1 is 1.33 bits per heavy atom. The molecule has 0 aromatic heterocycles. The highest BCUT2D eigenvalue weighted by molar-refractivity contribution is 5.81. The van der Waals surface area contributed by atoms with E-state index in [1.165, 1.54) is 0 Å². The van der Waals surface area contributed by atoms with E-state index in [2.05, 4.69) is 12.2 Å². The normalized spacial score (nSPS) is 24.8. The van der Waals surface area contributed by atoms with Crippen LogP contribution in [0.4, 0.5) is 0 Å². The third-order valence-electron chi connectivity index (χ3n) is 3.89. The second kappa shape index (κ2) is 7.46. The van der Waals surface area contributed by atoms with Crippen LogP contribution in [-0.4, -0.2) is 30.8 Å². The molecule has 0 amide bonds. The van der Waals surface area contributed by atoms with E-state index in [0.717, 1.165) is 31.6 Å². The Morgan fingerprint density at radius 3 is 2.76 bits per heavy atom. The second-order valence-corrected chi connectivity index (χ2v) is 5.53. The van der Waals surface area contributed by atoms with Crippen LogP contribution in [0.25, 0.3) is 0 Å². The highest BCUT2D eigenvalue weighted by Crippen LogP contribution is 2.34. The van der Waals surface area contributed by atoms with Gasteiger partial charge < -0.3 is 14.8 Å². The van der Waals surface area contributed by atoms with Crippen molar-refractivity contribution in [2.45, 2.75) is 51.2 Å². The molecule has 4 heteroatoms. The predicted octanol–water partition coefficient (Wildman–Crippen LogP) is 2.92. The second-order valence-electron chi connectivity index (χ2n) is 5.53. The summed E-state index contributed by atoms with van der Waals surface area (Å²) in [6, 6.07) is 9.78. The molecule has 1 saturated carbocycles. The van der Waals surface area contributed by atoms with Gasteiger partial charge in [-0.15, -0.1) is 0 Å². The molecule has 0 radical (unpaired) electrons. The lowest BCUT2D eigenvalue weighted by atomic mass is 9.97. The van der Waals surface area contributed by atoms with Gasteiger partial charge in [0.2, 0.25) is 0 Å². The Hall–Kier alpha value is -1.55. The summed E-state index contributed by atoms with van der Waals surface area (Å²) in [6.07, 6.45) is 3.35. The number of esters is 1. The van der Waals surface area contributed by atoms with Gasteiger partial charge in [-0.25, -0.2) is 0 Å². The van der Waals surface area contributed by atoms with Gasteiger partial charge in [0.25, 0.3) is 0 Å². The highest BCUT2D eigenvalue weighted by atomic mass is 16.5. The topological polar surface area (TPSA) is 47.6 Å². The molecule has 0 aliphatic heterocycles. The van der Waals surface area contributed by atoms with Crippen molar-refractivity contribution in [1.82, 2.24) is 5.32 Å². The van der Waals surface area contributed by atoms with Crippen molar-refractivity contribution in [1.29, 1.82) is 0 Å². The van der Waals surface area contributed by atoms with E-state index in [4.69, 9.17) is 9.47 Å². The number of carbonyl (C=O) groups excluding carboxylic acids is 1. The zero-order chi connectivity index (χ0) is 15.1. The standard InChI is InChI=1S/C17H25NO3/c1-3-12-18-17(16(19)20-4-2)11-10-15(13-17)21-14-8-6-5-7-9-14/h5-9,15,18H,3-4,10-13H2,1-2H3. The minimum atomic E-state index is -0.578. The quantitative estimate of drug-likeness (QED) is 0.785. The first kappa shape index (κ1) is 15.8. The van der Waals surface area contributed by atoms with Gasteiger partial charge in [0.1, 0.15) is 17.4 Å². The maximum atomic E-state index is 12.3. The fraction of sp³-hybridized carbons (Fsp3) is 0.588. The number of nitrogens with one attached hydrogen (secondary N) is 1. The van der Waals surface area contributed by atoms with Crippen LogP contribution < -0.4 is 10.1 Å². The maximum absolute atomic E-state index is 12.3. The molecule has 4 nitrogen and oxygen atoms in total. The van der Waals surface area contributed by atoms with E-state index < -0.39 is 5.54 Å². The summed E-state index contributed by atoms with van der Waals surface area (Å²) in [5, 5.41) is 3.39. The van der Waals surface area contributed by atoms with Crippen LogP contribution in [0.3, 0.4) is 0 Å². The molecule has 1 aliphatic rings. The minimum Gasteiger partial charge on any atom is -0.490 e. The van der Waals surface area contributed by atoms with Crippen molar-refractivity contribution in [3.05, 3.63) is 30.3 Å². The van der Waals surface area contributed by atoms with Crippen molar-refractivity contribution in [3.8, 4) is 5.75 Å². The Kier molecular flexibility index (Phi) is 5.62. The summed E-state index contributed by atoms with van der Waals surface area (Å²) >= 11 is 0. The van der Waals surface area contributed by atoms with Crippen molar-refractivity contribution in [3.63, 3.8) is 0 Å². The van der Waals surface area contributed by atoms with Crippen molar-refractivity contribution < 1.29 is 14.3 Å². The molecule has 2 rings (SSSR count). The monoisotopic (exact) mass is 291 g/mol. The molecule has 1 fully saturated rings. The van der Waals surface area contributed by atoms with Crippen molar-refractivity contribution in [2.75, 3.05) is 13.2 Å². The molecule has 1 aromatic rings. The Morgan fingerprint density at radius 2 is 2.10 bits per heavy atom. The summed E-state index contributed by atoms with van der Waals surface area (Å²) in [5.41, 5.74) is -0.578. The SMILES string of the molecule is CCCNC1(C(=O)OCC)CCC(Oc2ccccc2)C1. The summed E-state index contributed by atoms with van der Waals surface area (Å²) in [4.78, 5) is 12.3. The Bertz CT molecular complexity index is 449. The van der Waals surface area contributed by atoms with Crippen LogP contribution in [0.15, 0.2) is 30.3 Å². The number of para-hydroxylation sites is 1. The molecule has 1 aromatic carbocycles. The number of carbonyl (C=O) groups is 1. The average molecular weight is 291 g/mol. The van der Waals surface area contributed by atoms with E-state index in [9.17, 15) is 4.79 Å². The van der Waals surface area contributed by atoms with Crippen LogP contribution in [0.2, 0.25) is 0 Å². The van der Waals surface area contributed by atoms with E-state index in [-0.39, 0.29) is 12.1 Å². The van der Waals surface area contributed by atoms with Gasteiger partial charge in [-0.3, -0.25) is 4.79 Å². The Labute approximate surface area is 126 Å². The molecular formula is C17H25NO3. The van der Waals surface area contributed by atoms with Crippen LogP contribution in [-0.2, 0) is 9.53 Å². The third-order valence-corrected chi connectivity index (χ3v) is 3.89. The van der Waals surface area contributed by atoms with Crippen molar-refractivity contribution >= 4 is 5.97 Å². The fourth-order valence-electron chi connectivity index (χ4n) is 2.84. The van der Waals surface area contributed by atoms with Crippen molar-refractivity contribution in [2.24, 2.45) is 0 Å². The molecule has 21 heavy (non-hydrogen) atoms. The van der Waals surface area contributed by atoms with E-state index in [1.807, 2.05) is 37.3 Å². The van der Waals surface area contributed by atoms with Gasteiger partial charge in [-0.2, -0.15) is 0 Å². The number of hydrogen-bond acceptors (Lipinski definition) is 4. The lowest BCUT2D eigenvalue weighted by molar-refractivity contribution is -0.151. The van der Waals surface area contributed by atoms with Gasteiger partial charge in [0.15, 0.2) is 0 Å². The predicted molar refractivity (Wildman–Crippen MR) is 82.4 cm³/mol. The summed E-state index contributed by atoms with van der Waals surface area (Å²) < 4.78 is 11.3. The molecule has 1 aliphatic carbocycles. The molecule has 116 valence electrons. The molecule has 0 saturated heterocycles. The lowest BCUT2D eigenvalue weighted by Gasteiger charge is -2.28. The first-order valence-corrected chi connectivity index (χ1v) is 7.84. The van der Waals surface area contributed by atoms with Gasteiger partial charge in [0.05, 0.1) is 6.61 Å². The minimum absolute atomic E-state index is 0.0566. The molecule has 1 N–H and O–H groups in total. The number of ether oxygens (including phenoxy) is 2. The average Bonchev–Trinajstić information content (AvgIpc) is 2.91. The highest BCUT2D eigenvalue weighted by Gasteiger charge is 2.47. The fourth-order valence-corrected chi connectivity index (χ4v) is 2.84. The van der Waals surface area contributed by atoms with Gasteiger partial charge in [-0.1, -0.05) is 25.1 Å². The van der Waals surface area contributed by atoms with Crippen LogP contribution in [0, 0.1) is 0 Å². The van der Waals surface area contributed by atoms with Crippen LogP contribution in [0.1, 0.15) is 39.5 Å². The zero-order valence-electron chi connectivity index (χ0n) is 12.9. The van der Waals surface area contributed by atoms with E-state index in [0.29, 0.717) is 13.0 Å². The lowest BCUT2D eigenvalue weighted by Crippen LogP contribution is -2.51. The number of hydrogen-bond donors (Lipinski definition) is 1. The molecule has 0 bridgehead atoms. The summed E-state index contributed by atoms with van der Waals surface area (Å²) in [6.45, 7) is 5.17. The largest absolute Gasteiger partial charge is 0.490 e. The number of rotatable bonds is 7. The van der Waals surface area contributed by atoms with E-state index >= 15 is 0 Å². The molecule has 2 atom stereocenters. The summed E-state index contributed by atoms with van der Waals surface area (Å²) in [7, 11) is 0. The van der Waals surface area contributed by atoms with Gasteiger partial charge >= 0.3 is 5.97 Å². The summed E-state index contributed by atoms with van der Waals surface area (Å²) in [5.74, 6) is 0.718. The van der Waals surface area contributed by atoms with Crippen LogP contribution >= 0.6 is 0 Å². The Balaban J connectivity index is 2.01. The maximum Gasteiger partial charge on any atom is 0.326 e. The zero-order valence-corrected chi connectivity index (χ0v) is 12.9. The molecule has 0 heterocycles. The molecule has 0 spiro atoms. The van der Waals surface area contributed by atoms with Crippen LogP contribution in [0.5, 0.6) is 5.75 Å². The van der Waals surface area contributed by atoms with Gasteiger partial charge in [-0.05, 0) is 44.9 Å². The smallest absolute Gasteiger partial charge is 0.326 e. The first-order valence-electron chi connectivity index (χ1n) is 7.84. The van der Waals surface area contributed by atoms with Gasteiger partial charge in [0, 0.05) is 6.42 Å². The van der Waals surface area contributed by atoms with E-state index in [1.54, 1.807) is 0 Å². The number of benzene rings is 1. The third kappa shape index (κ3) is 3.97. The molecule has 2 unspecified atom stereocenters. The first-order chi connectivity index (χ1) is 10.2.